The molecule has 3 nitrogen and oxygen atoms in total. The van der Waals surface area contributed by atoms with Crippen molar-refractivity contribution in [1.29, 1.82) is 0 Å². The second kappa shape index (κ2) is 6.66. The molecule has 1 heterocycles. The van der Waals surface area contributed by atoms with E-state index in [4.69, 9.17) is 0 Å². The minimum Gasteiger partial charge on any atom is -0.336 e. The Labute approximate surface area is 80.2 Å². The first-order chi connectivity index (χ1) is 6.43. The highest BCUT2D eigenvalue weighted by molar-refractivity contribution is 4.73. The fraction of sp³-hybridized carbons (Fsp3) is 0.700. The van der Waals surface area contributed by atoms with E-state index < -0.39 is 0 Å². The van der Waals surface area contributed by atoms with Gasteiger partial charge in [0, 0.05) is 25.5 Å². The highest BCUT2D eigenvalue weighted by atomic mass is 15.0. The molecule has 0 saturated heterocycles. The zero-order valence-electron chi connectivity index (χ0n) is 8.37. The molecule has 0 fully saturated rings. The number of unbranched alkanes of at least 4 members (excludes halogenated alkanes) is 2. The molecule has 1 aromatic rings. The molecule has 0 atom stereocenters. The van der Waals surface area contributed by atoms with Crippen molar-refractivity contribution in [3.8, 4) is 0 Å². The predicted octanol–water partition coefficient (Wildman–Crippen LogP) is 1.66. The largest absolute Gasteiger partial charge is 0.336 e. The maximum Gasteiger partial charge on any atom is 0.0946 e. The van der Waals surface area contributed by atoms with Crippen LogP contribution in [0.5, 0.6) is 0 Å². The number of hydrogen-bond donors (Lipinski definition) is 1. The van der Waals surface area contributed by atoms with Gasteiger partial charge in [-0.1, -0.05) is 19.8 Å². The lowest BCUT2D eigenvalue weighted by Gasteiger charge is -2.04. The monoisotopic (exact) mass is 181 g/mol. The first-order valence-corrected chi connectivity index (χ1v) is 5.10. The molecule has 13 heavy (non-hydrogen) atoms. The molecule has 3 heteroatoms. The maximum absolute atomic E-state index is 3.99. The molecule has 1 aromatic heterocycles. The Hall–Kier alpha value is -0.830. The first kappa shape index (κ1) is 10.3. The number of nitrogens with zero attached hydrogens (tertiary/aromatic N) is 2. The van der Waals surface area contributed by atoms with E-state index in [-0.39, 0.29) is 0 Å². The third kappa shape index (κ3) is 4.68. The zero-order chi connectivity index (χ0) is 9.36. The Kier molecular flexibility index (Phi) is 5.25. The molecule has 0 aliphatic rings. The van der Waals surface area contributed by atoms with Crippen LogP contribution in [-0.2, 0) is 6.54 Å². The van der Waals surface area contributed by atoms with Crippen LogP contribution < -0.4 is 5.32 Å². The van der Waals surface area contributed by atoms with Gasteiger partial charge < -0.3 is 9.88 Å². The summed E-state index contributed by atoms with van der Waals surface area (Å²) in [4.78, 5) is 3.99. The molecular formula is C10H19N3. The molecule has 0 bridgehead atoms. The van der Waals surface area contributed by atoms with E-state index in [0.717, 1.165) is 19.6 Å². The van der Waals surface area contributed by atoms with Crippen LogP contribution in [0.25, 0.3) is 0 Å². The lowest BCUT2D eigenvalue weighted by molar-refractivity contribution is 0.569. The zero-order valence-corrected chi connectivity index (χ0v) is 8.37. The molecule has 0 radical (unpaired) electrons. The van der Waals surface area contributed by atoms with Crippen LogP contribution in [0, 0.1) is 0 Å². The fourth-order valence-corrected chi connectivity index (χ4v) is 1.25. The average Bonchev–Trinajstić information content (AvgIpc) is 2.63. The van der Waals surface area contributed by atoms with Crippen molar-refractivity contribution in [2.45, 2.75) is 32.7 Å². The third-order valence-electron chi connectivity index (χ3n) is 2.06. The van der Waals surface area contributed by atoms with Crippen LogP contribution >= 0.6 is 0 Å². The smallest absolute Gasteiger partial charge is 0.0946 e. The van der Waals surface area contributed by atoms with E-state index in [0.29, 0.717) is 0 Å². The average molecular weight is 181 g/mol. The Morgan fingerprint density at radius 2 is 2.23 bits per heavy atom. The van der Waals surface area contributed by atoms with Gasteiger partial charge in [-0.15, -0.1) is 0 Å². The van der Waals surface area contributed by atoms with Gasteiger partial charge >= 0.3 is 0 Å². The molecule has 0 spiro atoms. The summed E-state index contributed by atoms with van der Waals surface area (Å²) in [5, 5.41) is 3.41. The van der Waals surface area contributed by atoms with Crippen LogP contribution in [0.2, 0.25) is 0 Å². The molecule has 0 saturated carbocycles. The number of hydrogen-bond acceptors (Lipinski definition) is 2. The van der Waals surface area contributed by atoms with E-state index in [2.05, 4.69) is 21.8 Å². The van der Waals surface area contributed by atoms with Gasteiger partial charge in [0.25, 0.3) is 0 Å². The van der Waals surface area contributed by atoms with E-state index in [1.807, 2.05) is 18.7 Å². The van der Waals surface area contributed by atoms with Gasteiger partial charge in [0.1, 0.15) is 0 Å². The Morgan fingerprint density at radius 3 is 2.92 bits per heavy atom. The van der Waals surface area contributed by atoms with Gasteiger partial charge in [0.2, 0.25) is 0 Å². The first-order valence-electron chi connectivity index (χ1n) is 5.10. The lowest BCUT2D eigenvalue weighted by Crippen LogP contribution is -2.20. The van der Waals surface area contributed by atoms with Gasteiger partial charge in [-0.05, 0) is 13.0 Å². The third-order valence-corrected chi connectivity index (χ3v) is 2.06. The molecule has 0 aliphatic carbocycles. The van der Waals surface area contributed by atoms with Crippen molar-refractivity contribution in [3.05, 3.63) is 18.7 Å². The SMILES string of the molecule is CCCCCNCCn1ccnc1. The Morgan fingerprint density at radius 1 is 1.31 bits per heavy atom. The minimum atomic E-state index is 1.02. The molecule has 0 aliphatic heterocycles. The summed E-state index contributed by atoms with van der Waals surface area (Å²) in [5.41, 5.74) is 0. The highest BCUT2D eigenvalue weighted by Crippen LogP contribution is 1.91. The molecule has 0 aromatic carbocycles. The number of imidazole rings is 1. The summed E-state index contributed by atoms with van der Waals surface area (Å²) in [7, 11) is 0. The summed E-state index contributed by atoms with van der Waals surface area (Å²) < 4.78 is 2.09. The predicted molar refractivity (Wildman–Crippen MR) is 54.6 cm³/mol. The van der Waals surface area contributed by atoms with Gasteiger partial charge in [0.05, 0.1) is 6.33 Å². The van der Waals surface area contributed by atoms with Crippen LogP contribution in [0.4, 0.5) is 0 Å². The molecular weight excluding hydrogens is 162 g/mol. The lowest BCUT2D eigenvalue weighted by atomic mass is 10.2. The number of aromatic nitrogens is 2. The van der Waals surface area contributed by atoms with Crippen molar-refractivity contribution in [2.24, 2.45) is 0 Å². The van der Waals surface area contributed by atoms with Crippen molar-refractivity contribution in [2.75, 3.05) is 13.1 Å². The van der Waals surface area contributed by atoms with Gasteiger partial charge in [0.15, 0.2) is 0 Å². The molecule has 0 amide bonds. The van der Waals surface area contributed by atoms with Gasteiger partial charge in [-0.25, -0.2) is 4.98 Å². The summed E-state index contributed by atoms with van der Waals surface area (Å²) in [5.74, 6) is 0. The Bertz CT molecular complexity index is 194. The van der Waals surface area contributed by atoms with Crippen molar-refractivity contribution < 1.29 is 0 Å². The summed E-state index contributed by atoms with van der Waals surface area (Å²) in [6.07, 6.45) is 9.58. The summed E-state index contributed by atoms with van der Waals surface area (Å²) in [6.45, 7) is 5.43. The van der Waals surface area contributed by atoms with Crippen molar-refractivity contribution in [3.63, 3.8) is 0 Å². The van der Waals surface area contributed by atoms with E-state index >= 15 is 0 Å². The van der Waals surface area contributed by atoms with E-state index in [9.17, 15) is 0 Å². The second-order valence-corrected chi connectivity index (χ2v) is 3.26. The van der Waals surface area contributed by atoms with Gasteiger partial charge in [-0.3, -0.25) is 0 Å². The standard InChI is InChI=1S/C10H19N3/c1-2-3-4-5-11-6-8-13-9-7-12-10-13/h7,9-11H,2-6,8H2,1H3. The van der Waals surface area contributed by atoms with Crippen LogP contribution in [0.1, 0.15) is 26.2 Å². The van der Waals surface area contributed by atoms with Crippen LogP contribution in [-0.4, -0.2) is 22.6 Å². The number of nitrogens with one attached hydrogen (secondary N) is 1. The van der Waals surface area contributed by atoms with Crippen LogP contribution in [0.15, 0.2) is 18.7 Å². The maximum atomic E-state index is 3.99. The quantitative estimate of drug-likeness (QED) is 0.648. The topological polar surface area (TPSA) is 29.9 Å². The fourth-order valence-electron chi connectivity index (χ4n) is 1.25. The summed E-state index contributed by atoms with van der Waals surface area (Å²) >= 11 is 0. The summed E-state index contributed by atoms with van der Waals surface area (Å²) in [6, 6.07) is 0. The van der Waals surface area contributed by atoms with Crippen LogP contribution in [0.3, 0.4) is 0 Å². The normalized spacial score (nSPS) is 10.5. The molecule has 1 N–H and O–H groups in total. The van der Waals surface area contributed by atoms with Crippen molar-refractivity contribution in [1.82, 2.24) is 14.9 Å². The molecule has 0 unspecified atom stereocenters. The highest BCUT2D eigenvalue weighted by Gasteiger charge is 1.89. The van der Waals surface area contributed by atoms with E-state index in [1.165, 1.54) is 19.3 Å². The molecule has 1 rings (SSSR count). The molecule has 74 valence electrons. The number of rotatable bonds is 7. The second-order valence-electron chi connectivity index (χ2n) is 3.26. The van der Waals surface area contributed by atoms with Gasteiger partial charge in [-0.2, -0.15) is 0 Å². The Balaban J connectivity index is 1.90. The van der Waals surface area contributed by atoms with E-state index in [1.54, 1.807) is 0 Å². The minimum absolute atomic E-state index is 1.02. The van der Waals surface area contributed by atoms with Crippen molar-refractivity contribution >= 4 is 0 Å².